The molecule has 0 aromatic carbocycles. The van der Waals surface area contributed by atoms with Crippen LogP contribution in [-0.4, -0.2) is 33.9 Å². The fourth-order valence-electron chi connectivity index (χ4n) is 1.77. The van der Waals surface area contributed by atoms with Gasteiger partial charge in [-0.15, -0.1) is 0 Å². The van der Waals surface area contributed by atoms with Crippen LogP contribution in [0, 0.1) is 0 Å². The predicted molar refractivity (Wildman–Crippen MR) is 68.2 cm³/mol. The van der Waals surface area contributed by atoms with Crippen LogP contribution in [0.1, 0.15) is 45.4 Å². The molecule has 4 amide bonds. The maximum Gasteiger partial charge on any atom is 0.254 e. The zero-order chi connectivity index (χ0) is 15.1. The first-order valence-electron chi connectivity index (χ1n) is 6.56. The number of rotatable bonds is 4. The lowest BCUT2D eigenvalue weighted by molar-refractivity contribution is -0.171. The topological polar surface area (TPSA) is 104 Å². The molecule has 110 valence electrons. The second kappa shape index (κ2) is 7.54. The van der Waals surface area contributed by atoms with E-state index in [2.05, 4.69) is 12.2 Å². The zero-order valence-corrected chi connectivity index (χ0v) is 11.3. The van der Waals surface area contributed by atoms with E-state index in [1.165, 1.54) is 6.08 Å². The number of unbranched alkanes of at least 4 members (excludes halogenated alkanes) is 2. The third-order valence-corrected chi connectivity index (χ3v) is 2.91. The van der Waals surface area contributed by atoms with Gasteiger partial charge < -0.3 is 0 Å². The minimum Gasteiger partial charge on any atom is -0.289 e. The molecule has 0 unspecified atom stereocenters. The molecule has 2 aliphatic heterocycles. The second-order valence-corrected chi connectivity index (χ2v) is 4.54. The van der Waals surface area contributed by atoms with Crippen LogP contribution in [-0.2, 0) is 19.2 Å². The van der Waals surface area contributed by atoms with Crippen LogP contribution >= 0.6 is 0 Å². The van der Waals surface area contributed by atoms with Crippen molar-refractivity contribution in [2.75, 3.05) is 0 Å². The van der Waals surface area contributed by atoms with Gasteiger partial charge in [-0.3, -0.25) is 29.7 Å². The first-order chi connectivity index (χ1) is 9.45. The lowest BCUT2D eigenvalue weighted by atomic mass is 10.1. The highest BCUT2D eigenvalue weighted by Gasteiger charge is 2.26. The molecule has 0 aromatic heterocycles. The Balaban J connectivity index is 0.000000217. The number of carbonyl (C=O) groups is 4. The number of carbonyl (C=O) groups excluding carboxylic acids is 4. The van der Waals surface area contributed by atoms with Gasteiger partial charge >= 0.3 is 0 Å². The van der Waals surface area contributed by atoms with Crippen molar-refractivity contribution in [1.82, 2.24) is 10.4 Å². The lowest BCUT2D eigenvalue weighted by Gasteiger charge is -1.98. The summed E-state index contributed by atoms with van der Waals surface area (Å²) in [6.45, 7) is 2.11. The maximum atomic E-state index is 11.0. The van der Waals surface area contributed by atoms with Crippen molar-refractivity contribution >= 4 is 23.6 Å². The number of hydrogen-bond acceptors (Lipinski definition) is 5. The Morgan fingerprint density at radius 3 is 2.10 bits per heavy atom. The summed E-state index contributed by atoms with van der Waals surface area (Å²) in [6, 6.07) is 0. The Kier molecular flexibility index (Phi) is 6.05. The van der Waals surface area contributed by atoms with Crippen LogP contribution in [0.25, 0.3) is 0 Å². The summed E-state index contributed by atoms with van der Waals surface area (Å²) >= 11 is 0. The van der Waals surface area contributed by atoms with E-state index in [-0.39, 0.29) is 29.7 Å². The van der Waals surface area contributed by atoms with Gasteiger partial charge in [0.2, 0.25) is 0 Å². The predicted octanol–water partition coefficient (Wildman–Crippen LogP) is 0.674. The number of nitrogens with zero attached hydrogens (tertiary/aromatic N) is 1. The minimum atomic E-state index is -0.505. The number of hydroxylamine groups is 2. The van der Waals surface area contributed by atoms with Gasteiger partial charge in [-0.25, -0.2) is 0 Å². The smallest absolute Gasteiger partial charge is 0.254 e. The molecular formula is C13H18N2O5. The summed E-state index contributed by atoms with van der Waals surface area (Å²) < 4.78 is 0. The van der Waals surface area contributed by atoms with E-state index in [1.807, 2.05) is 0 Å². The minimum absolute atomic E-state index is 0.148. The SMILES string of the molecule is CCCCCC1=CC(=O)NC1=O.O=C1CCC(=O)N1O. The Labute approximate surface area is 116 Å². The van der Waals surface area contributed by atoms with Crippen molar-refractivity contribution in [3.63, 3.8) is 0 Å². The van der Waals surface area contributed by atoms with Gasteiger partial charge in [-0.05, 0) is 12.8 Å². The normalized spacial score (nSPS) is 17.9. The van der Waals surface area contributed by atoms with Crippen molar-refractivity contribution in [3.05, 3.63) is 11.6 Å². The largest absolute Gasteiger partial charge is 0.289 e. The van der Waals surface area contributed by atoms with E-state index in [0.29, 0.717) is 5.57 Å². The first kappa shape index (κ1) is 16.0. The van der Waals surface area contributed by atoms with Crippen molar-refractivity contribution in [3.8, 4) is 0 Å². The molecule has 1 saturated heterocycles. The van der Waals surface area contributed by atoms with E-state index in [1.54, 1.807) is 0 Å². The Bertz CT molecular complexity index is 440. The maximum absolute atomic E-state index is 11.0. The first-order valence-corrected chi connectivity index (χ1v) is 6.56. The summed E-state index contributed by atoms with van der Waals surface area (Å²) in [5.41, 5.74) is 0.633. The highest BCUT2D eigenvalue weighted by atomic mass is 16.5. The third kappa shape index (κ3) is 4.58. The van der Waals surface area contributed by atoms with Crippen molar-refractivity contribution in [2.24, 2.45) is 0 Å². The molecule has 0 radical (unpaired) electrons. The van der Waals surface area contributed by atoms with Crippen LogP contribution in [0.2, 0.25) is 0 Å². The van der Waals surface area contributed by atoms with Crippen molar-refractivity contribution in [1.29, 1.82) is 0 Å². The van der Waals surface area contributed by atoms with Gasteiger partial charge in [0.15, 0.2) is 0 Å². The molecule has 7 nitrogen and oxygen atoms in total. The number of amides is 4. The molecule has 0 aromatic rings. The summed E-state index contributed by atoms with van der Waals surface area (Å²) in [6.07, 6.45) is 5.65. The van der Waals surface area contributed by atoms with Crippen LogP contribution < -0.4 is 5.32 Å². The van der Waals surface area contributed by atoms with Gasteiger partial charge in [0.05, 0.1) is 0 Å². The van der Waals surface area contributed by atoms with Gasteiger partial charge in [-0.1, -0.05) is 19.8 Å². The summed E-state index contributed by atoms with van der Waals surface area (Å²) in [7, 11) is 0. The molecule has 2 aliphatic rings. The van der Waals surface area contributed by atoms with Crippen LogP contribution in [0.5, 0.6) is 0 Å². The van der Waals surface area contributed by atoms with Crippen molar-refractivity contribution < 1.29 is 24.4 Å². The van der Waals surface area contributed by atoms with Crippen LogP contribution in [0.3, 0.4) is 0 Å². The molecular weight excluding hydrogens is 264 g/mol. The molecule has 20 heavy (non-hydrogen) atoms. The highest BCUT2D eigenvalue weighted by Crippen LogP contribution is 2.12. The Morgan fingerprint density at radius 1 is 1.15 bits per heavy atom. The summed E-state index contributed by atoms with van der Waals surface area (Å²) in [4.78, 5) is 42.1. The molecule has 2 N–H and O–H groups in total. The molecule has 0 bridgehead atoms. The number of imide groups is 2. The molecule has 0 saturated carbocycles. The van der Waals surface area contributed by atoms with E-state index in [4.69, 9.17) is 5.21 Å². The van der Waals surface area contributed by atoms with E-state index in [0.717, 1.165) is 25.7 Å². The van der Waals surface area contributed by atoms with Gasteiger partial charge in [0.25, 0.3) is 23.6 Å². The fraction of sp³-hybridized carbons (Fsp3) is 0.538. The van der Waals surface area contributed by atoms with Crippen molar-refractivity contribution in [2.45, 2.75) is 45.4 Å². The Morgan fingerprint density at radius 2 is 1.75 bits per heavy atom. The summed E-state index contributed by atoms with van der Waals surface area (Å²) in [5, 5.41) is 10.8. The molecule has 0 atom stereocenters. The third-order valence-electron chi connectivity index (χ3n) is 2.91. The van der Waals surface area contributed by atoms with Gasteiger partial charge in [-0.2, -0.15) is 5.06 Å². The fourth-order valence-corrected chi connectivity index (χ4v) is 1.77. The standard InChI is InChI=1S/C9H13NO2.C4H5NO3/c1-2-3-4-5-7-6-8(11)10-9(7)12;6-3-1-2-4(7)5(3)8/h6H,2-5H2,1H3,(H,10,11,12);8H,1-2H2. The van der Waals surface area contributed by atoms with E-state index < -0.39 is 11.8 Å². The van der Waals surface area contributed by atoms with Gasteiger partial charge in [0.1, 0.15) is 0 Å². The highest BCUT2D eigenvalue weighted by molar-refractivity contribution is 6.16. The molecule has 0 aliphatic carbocycles. The van der Waals surface area contributed by atoms with Crippen LogP contribution in [0.15, 0.2) is 11.6 Å². The molecule has 7 heteroatoms. The van der Waals surface area contributed by atoms with Crippen LogP contribution in [0.4, 0.5) is 0 Å². The average Bonchev–Trinajstić information content (AvgIpc) is 2.87. The molecule has 2 rings (SSSR count). The molecule has 2 heterocycles. The van der Waals surface area contributed by atoms with E-state index >= 15 is 0 Å². The summed E-state index contributed by atoms with van der Waals surface area (Å²) in [5.74, 6) is -1.49. The average molecular weight is 282 g/mol. The lowest BCUT2D eigenvalue weighted by Crippen LogP contribution is -2.24. The number of hydrogen-bond donors (Lipinski definition) is 2. The Hall–Kier alpha value is -2.02. The monoisotopic (exact) mass is 282 g/mol. The second-order valence-electron chi connectivity index (χ2n) is 4.54. The molecule has 1 fully saturated rings. The van der Waals surface area contributed by atoms with Gasteiger partial charge in [0, 0.05) is 24.5 Å². The zero-order valence-electron chi connectivity index (χ0n) is 11.3. The quantitative estimate of drug-likeness (QED) is 0.448. The molecule has 0 spiro atoms. The number of nitrogens with one attached hydrogen (secondary N) is 1. The van der Waals surface area contributed by atoms with E-state index in [9.17, 15) is 19.2 Å².